The summed E-state index contributed by atoms with van der Waals surface area (Å²) in [6.45, 7) is 0. The summed E-state index contributed by atoms with van der Waals surface area (Å²) in [5, 5.41) is 9.78. The van der Waals surface area contributed by atoms with Crippen molar-refractivity contribution in [2.75, 3.05) is 7.05 Å². The Morgan fingerprint density at radius 2 is 2.05 bits per heavy atom. The average molecular weight is 270 g/mol. The lowest BCUT2D eigenvalue weighted by atomic mass is 10.1. The smallest absolute Gasteiger partial charge is 0.0932 e. The highest BCUT2D eigenvalue weighted by Gasteiger charge is 2.18. The Labute approximate surface area is 115 Å². The first-order valence-electron chi connectivity index (χ1n) is 6.05. The van der Waals surface area contributed by atoms with E-state index in [4.69, 9.17) is 0 Å². The Hall–Kier alpha value is -1.98. The van der Waals surface area contributed by atoms with Gasteiger partial charge in [0.15, 0.2) is 0 Å². The van der Waals surface area contributed by atoms with Gasteiger partial charge in [0, 0.05) is 11.6 Å². The van der Waals surface area contributed by atoms with E-state index >= 15 is 0 Å². The first-order chi connectivity index (χ1) is 9.40. The molecule has 0 saturated carbocycles. The molecule has 2 aromatic heterocycles. The molecule has 19 heavy (non-hydrogen) atoms. The van der Waals surface area contributed by atoms with Crippen LogP contribution in [0.15, 0.2) is 53.5 Å². The Morgan fingerprint density at radius 3 is 2.74 bits per heavy atom. The van der Waals surface area contributed by atoms with Crippen LogP contribution in [0, 0.1) is 0 Å². The van der Waals surface area contributed by atoms with E-state index in [0.717, 1.165) is 17.1 Å². The van der Waals surface area contributed by atoms with E-state index in [1.54, 1.807) is 11.3 Å². The van der Waals surface area contributed by atoms with Crippen LogP contribution in [-0.2, 0) is 0 Å². The lowest BCUT2D eigenvalue weighted by molar-refractivity contribution is 0.625. The number of aromatic nitrogens is 3. The molecular formula is C14H14N4S. The SMILES string of the molecule is CNC(c1cscn1)c1ccnn1-c1ccccc1. The van der Waals surface area contributed by atoms with Crippen LogP contribution >= 0.6 is 11.3 Å². The minimum atomic E-state index is 0.0500. The van der Waals surface area contributed by atoms with Crippen molar-refractivity contribution in [2.24, 2.45) is 0 Å². The normalized spacial score (nSPS) is 12.5. The summed E-state index contributed by atoms with van der Waals surface area (Å²) < 4.78 is 1.94. The molecule has 96 valence electrons. The quantitative estimate of drug-likeness (QED) is 0.792. The topological polar surface area (TPSA) is 42.7 Å². The minimum Gasteiger partial charge on any atom is -0.307 e. The highest BCUT2D eigenvalue weighted by molar-refractivity contribution is 7.07. The molecule has 0 amide bonds. The number of nitrogens with zero attached hydrogens (tertiary/aromatic N) is 3. The van der Waals surface area contributed by atoms with Crippen molar-refractivity contribution < 1.29 is 0 Å². The Morgan fingerprint density at radius 1 is 1.21 bits per heavy atom. The zero-order valence-electron chi connectivity index (χ0n) is 10.5. The van der Waals surface area contributed by atoms with Gasteiger partial charge >= 0.3 is 0 Å². The van der Waals surface area contributed by atoms with Crippen molar-refractivity contribution in [2.45, 2.75) is 6.04 Å². The number of rotatable bonds is 4. The van der Waals surface area contributed by atoms with Gasteiger partial charge in [-0.15, -0.1) is 11.3 Å². The van der Waals surface area contributed by atoms with Crippen LogP contribution in [-0.4, -0.2) is 21.8 Å². The highest BCUT2D eigenvalue weighted by Crippen LogP contribution is 2.23. The van der Waals surface area contributed by atoms with Crippen molar-refractivity contribution in [3.05, 3.63) is 64.9 Å². The van der Waals surface area contributed by atoms with E-state index in [-0.39, 0.29) is 6.04 Å². The van der Waals surface area contributed by atoms with E-state index in [1.165, 1.54) is 0 Å². The van der Waals surface area contributed by atoms with Crippen molar-refractivity contribution in [1.29, 1.82) is 0 Å². The molecule has 1 aromatic carbocycles. The van der Waals surface area contributed by atoms with E-state index < -0.39 is 0 Å². The fourth-order valence-electron chi connectivity index (χ4n) is 2.13. The maximum atomic E-state index is 4.42. The molecule has 0 bridgehead atoms. The maximum Gasteiger partial charge on any atom is 0.0932 e. The summed E-state index contributed by atoms with van der Waals surface area (Å²) >= 11 is 1.60. The number of thiazole rings is 1. The molecule has 4 nitrogen and oxygen atoms in total. The second kappa shape index (κ2) is 5.34. The number of para-hydroxylation sites is 1. The summed E-state index contributed by atoms with van der Waals surface area (Å²) in [6, 6.07) is 12.2. The molecule has 1 N–H and O–H groups in total. The molecular weight excluding hydrogens is 256 g/mol. The molecule has 0 radical (unpaired) electrons. The van der Waals surface area contributed by atoms with Gasteiger partial charge in [-0.05, 0) is 25.2 Å². The molecule has 3 rings (SSSR count). The van der Waals surface area contributed by atoms with Crippen LogP contribution < -0.4 is 5.32 Å². The summed E-state index contributed by atoms with van der Waals surface area (Å²) in [4.78, 5) is 4.39. The van der Waals surface area contributed by atoms with E-state index in [2.05, 4.69) is 20.8 Å². The molecule has 0 fully saturated rings. The molecule has 0 aliphatic heterocycles. The molecule has 2 heterocycles. The zero-order chi connectivity index (χ0) is 13.1. The molecule has 1 atom stereocenters. The van der Waals surface area contributed by atoms with Crippen LogP contribution in [0.2, 0.25) is 0 Å². The van der Waals surface area contributed by atoms with E-state index in [0.29, 0.717) is 0 Å². The fraction of sp³-hybridized carbons (Fsp3) is 0.143. The van der Waals surface area contributed by atoms with Crippen molar-refractivity contribution in [3.8, 4) is 5.69 Å². The fourth-order valence-corrected chi connectivity index (χ4v) is 2.71. The monoisotopic (exact) mass is 270 g/mol. The predicted octanol–water partition coefficient (Wildman–Crippen LogP) is 2.64. The van der Waals surface area contributed by atoms with Crippen LogP contribution in [0.4, 0.5) is 0 Å². The van der Waals surface area contributed by atoms with Gasteiger partial charge in [0.2, 0.25) is 0 Å². The lowest BCUT2D eigenvalue weighted by Gasteiger charge is -2.16. The molecule has 0 aliphatic rings. The number of nitrogens with one attached hydrogen (secondary N) is 1. The molecule has 3 aromatic rings. The van der Waals surface area contributed by atoms with Gasteiger partial charge in [-0.25, -0.2) is 9.67 Å². The Kier molecular flexibility index (Phi) is 3.39. The molecule has 5 heteroatoms. The molecule has 1 unspecified atom stereocenters. The molecule has 0 spiro atoms. The van der Waals surface area contributed by atoms with Gasteiger partial charge in [-0.1, -0.05) is 18.2 Å². The van der Waals surface area contributed by atoms with Gasteiger partial charge < -0.3 is 5.32 Å². The van der Waals surface area contributed by atoms with Gasteiger partial charge in [-0.3, -0.25) is 0 Å². The van der Waals surface area contributed by atoms with E-state index in [1.807, 2.05) is 59.8 Å². The first-order valence-corrected chi connectivity index (χ1v) is 6.99. The molecule has 0 aliphatic carbocycles. The maximum absolute atomic E-state index is 4.42. The van der Waals surface area contributed by atoms with Crippen LogP contribution in [0.1, 0.15) is 17.4 Å². The second-order valence-corrected chi connectivity index (χ2v) is 4.86. The summed E-state index contributed by atoms with van der Waals surface area (Å²) in [7, 11) is 1.94. The lowest BCUT2D eigenvalue weighted by Crippen LogP contribution is -2.21. The summed E-state index contributed by atoms with van der Waals surface area (Å²) in [5.41, 5.74) is 5.01. The van der Waals surface area contributed by atoms with Crippen molar-refractivity contribution in [3.63, 3.8) is 0 Å². The molecule has 0 saturated heterocycles. The van der Waals surface area contributed by atoms with E-state index in [9.17, 15) is 0 Å². The van der Waals surface area contributed by atoms with Gasteiger partial charge in [0.05, 0.1) is 28.6 Å². The Bertz CT molecular complexity index is 631. The summed E-state index contributed by atoms with van der Waals surface area (Å²) in [6.07, 6.45) is 1.82. The third-order valence-electron chi connectivity index (χ3n) is 3.00. The summed E-state index contributed by atoms with van der Waals surface area (Å²) in [5.74, 6) is 0. The van der Waals surface area contributed by atoms with Crippen molar-refractivity contribution in [1.82, 2.24) is 20.1 Å². The van der Waals surface area contributed by atoms with Gasteiger partial charge in [0.1, 0.15) is 0 Å². The minimum absolute atomic E-state index is 0.0500. The van der Waals surface area contributed by atoms with Crippen LogP contribution in [0.3, 0.4) is 0 Å². The number of hydrogen-bond acceptors (Lipinski definition) is 4. The van der Waals surface area contributed by atoms with Crippen LogP contribution in [0.25, 0.3) is 5.69 Å². The predicted molar refractivity (Wildman–Crippen MR) is 76.6 cm³/mol. The van der Waals surface area contributed by atoms with Crippen molar-refractivity contribution >= 4 is 11.3 Å². The average Bonchev–Trinajstić information content (AvgIpc) is 3.12. The third-order valence-corrected chi connectivity index (χ3v) is 3.61. The zero-order valence-corrected chi connectivity index (χ0v) is 11.3. The third kappa shape index (κ3) is 2.30. The Balaban J connectivity index is 2.04. The van der Waals surface area contributed by atoms with Gasteiger partial charge in [0.25, 0.3) is 0 Å². The highest BCUT2D eigenvalue weighted by atomic mass is 32.1. The second-order valence-electron chi connectivity index (χ2n) is 4.14. The number of benzene rings is 1. The van der Waals surface area contributed by atoms with Gasteiger partial charge in [-0.2, -0.15) is 5.10 Å². The largest absolute Gasteiger partial charge is 0.307 e. The number of hydrogen-bond donors (Lipinski definition) is 1. The first kappa shape index (κ1) is 12.1. The van der Waals surface area contributed by atoms with Crippen LogP contribution in [0.5, 0.6) is 0 Å². The standard InChI is InChI=1S/C14H14N4S/c1-15-14(12-9-19-10-16-12)13-7-8-17-18(13)11-5-3-2-4-6-11/h2-10,14-15H,1H3.